The summed E-state index contributed by atoms with van der Waals surface area (Å²) in [6.07, 6.45) is 2.00. The van der Waals surface area contributed by atoms with Gasteiger partial charge in [0.15, 0.2) is 5.84 Å². The summed E-state index contributed by atoms with van der Waals surface area (Å²) in [7, 11) is 0. The van der Waals surface area contributed by atoms with E-state index >= 15 is 0 Å². The smallest absolute Gasteiger partial charge is 0.170 e. The minimum atomic E-state index is 0.126. The third kappa shape index (κ3) is 2.73. The molecule has 1 aromatic carbocycles. The SMILES string of the molecule is N/C(=N/O)c1ccc(N2CCC(CCO)C2)cc1. The number of hydrogen-bond acceptors (Lipinski definition) is 4. The maximum absolute atomic E-state index is 8.94. The molecule has 1 aliphatic rings. The van der Waals surface area contributed by atoms with E-state index in [0.29, 0.717) is 11.5 Å². The second-order valence-corrected chi connectivity index (χ2v) is 4.65. The molecule has 2 rings (SSSR count). The molecule has 5 heteroatoms. The topological polar surface area (TPSA) is 82.1 Å². The third-order valence-corrected chi connectivity index (χ3v) is 3.46. The van der Waals surface area contributed by atoms with Gasteiger partial charge in [0.25, 0.3) is 0 Å². The van der Waals surface area contributed by atoms with E-state index in [2.05, 4.69) is 10.1 Å². The lowest BCUT2D eigenvalue weighted by atomic mass is 10.1. The Hall–Kier alpha value is -1.75. The molecule has 18 heavy (non-hydrogen) atoms. The van der Waals surface area contributed by atoms with Crippen LogP contribution in [0.1, 0.15) is 18.4 Å². The maximum Gasteiger partial charge on any atom is 0.170 e. The van der Waals surface area contributed by atoms with Crippen LogP contribution in [0.4, 0.5) is 5.69 Å². The zero-order chi connectivity index (χ0) is 13.0. The molecule has 0 aromatic heterocycles. The van der Waals surface area contributed by atoms with Crippen LogP contribution in [0, 0.1) is 5.92 Å². The van der Waals surface area contributed by atoms with Gasteiger partial charge in [0.1, 0.15) is 0 Å². The third-order valence-electron chi connectivity index (χ3n) is 3.46. The Kier molecular flexibility index (Phi) is 4.04. The molecule has 98 valence electrons. The van der Waals surface area contributed by atoms with E-state index in [-0.39, 0.29) is 12.4 Å². The summed E-state index contributed by atoms with van der Waals surface area (Å²) in [6.45, 7) is 2.28. The van der Waals surface area contributed by atoms with Gasteiger partial charge < -0.3 is 20.9 Å². The molecule has 1 aromatic rings. The molecule has 1 fully saturated rings. The molecule has 1 aliphatic heterocycles. The van der Waals surface area contributed by atoms with Crippen molar-refractivity contribution < 1.29 is 10.3 Å². The van der Waals surface area contributed by atoms with Crippen LogP contribution in [-0.2, 0) is 0 Å². The lowest BCUT2D eigenvalue weighted by Crippen LogP contribution is -2.20. The molecule has 0 saturated carbocycles. The molecule has 1 saturated heterocycles. The van der Waals surface area contributed by atoms with Gasteiger partial charge in [0, 0.05) is 30.9 Å². The first-order valence-corrected chi connectivity index (χ1v) is 6.18. The minimum absolute atomic E-state index is 0.126. The number of nitrogens with zero attached hydrogens (tertiary/aromatic N) is 2. The normalized spacial score (nSPS) is 20.4. The van der Waals surface area contributed by atoms with E-state index < -0.39 is 0 Å². The Morgan fingerprint density at radius 2 is 2.11 bits per heavy atom. The summed E-state index contributed by atoms with van der Waals surface area (Å²) in [6, 6.07) is 7.66. The van der Waals surface area contributed by atoms with Crippen molar-refractivity contribution in [3.8, 4) is 0 Å². The summed E-state index contributed by atoms with van der Waals surface area (Å²) < 4.78 is 0. The molecule has 0 aliphatic carbocycles. The first-order valence-electron chi connectivity index (χ1n) is 6.18. The molecule has 0 amide bonds. The van der Waals surface area contributed by atoms with Crippen LogP contribution in [-0.4, -0.2) is 35.8 Å². The van der Waals surface area contributed by atoms with Crippen molar-refractivity contribution in [1.29, 1.82) is 0 Å². The first kappa shape index (κ1) is 12.7. The largest absolute Gasteiger partial charge is 0.409 e. The van der Waals surface area contributed by atoms with E-state index in [4.69, 9.17) is 16.0 Å². The predicted molar refractivity (Wildman–Crippen MR) is 71.0 cm³/mol. The molecular formula is C13H19N3O2. The van der Waals surface area contributed by atoms with E-state index in [1.807, 2.05) is 24.3 Å². The molecular weight excluding hydrogens is 230 g/mol. The zero-order valence-electron chi connectivity index (χ0n) is 10.3. The lowest BCUT2D eigenvalue weighted by Gasteiger charge is -2.18. The van der Waals surface area contributed by atoms with Crippen molar-refractivity contribution in [3.63, 3.8) is 0 Å². The standard InChI is InChI=1S/C13H19N3O2/c14-13(15-18)11-1-3-12(4-2-11)16-7-5-10(9-16)6-8-17/h1-4,10,17-18H,5-9H2,(H2,14,15). The summed E-state index contributed by atoms with van der Waals surface area (Å²) in [4.78, 5) is 2.30. The number of oxime groups is 1. The van der Waals surface area contributed by atoms with E-state index in [1.54, 1.807) is 0 Å². The highest BCUT2D eigenvalue weighted by molar-refractivity contribution is 5.97. The summed E-state index contributed by atoms with van der Waals surface area (Å²) in [5.41, 5.74) is 7.38. The van der Waals surface area contributed by atoms with Gasteiger partial charge in [-0.2, -0.15) is 0 Å². The summed E-state index contributed by atoms with van der Waals surface area (Å²) in [5, 5.41) is 20.5. The quantitative estimate of drug-likeness (QED) is 0.322. The van der Waals surface area contributed by atoms with Crippen LogP contribution in [0.5, 0.6) is 0 Å². The molecule has 0 bridgehead atoms. The van der Waals surface area contributed by atoms with Crippen LogP contribution >= 0.6 is 0 Å². The monoisotopic (exact) mass is 249 g/mol. The van der Waals surface area contributed by atoms with Gasteiger partial charge in [0.2, 0.25) is 0 Å². The van der Waals surface area contributed by atoms with Crippen molar-refractivity contribution in [3.05, 3.63) is 29.8 Å². The Labute approximate surface area is 107 Å². The summed E-state index contributed by atoms with van der Waals surface area (Å²) in [5.74, 6) is 0.708. The van der Waals surface area contributed by atoms with Gasteiger partial charge in [-0.15, -0.1) is 0 Å². The second-order valence-electron chi connectivity index (χ2n) is 4.65. The average molecular weight is 249 g/mol. The molecule has 1 unspecified atom stereocenters. The van der Waals surface area contributed by atoms with Crippen LogP contribution in [0.25, 0.3) is 0 Å². The summed E-state index contributed by atoms with van der Waals surface area (Å²) >= 11 is 0. The number of anilines is 1. The Morgan fingerprint density at radius 3 is 2.72 bits per heavy atom. The van der Waals surface area contributed by atoms with Gasteiger partial charge in [-0.05, 0) is 43.0 Å². The van der Waals surface area contributed by atoms with Gasteiger partial charge in [-0.3, -0.25) is 0 Å². The van der Waals surface area contributed by atoms with Crippen LogP contribution in [0.3, 0.4) is 0 Å². The van der Waals surface area contributed by atoms with Gasteiger partial charge in [-0.1, -0.05) is 5.16 Å². The van der Waals surface area contributed by atoms with Gasteiger partial charge >= 0.3 is 0 Å². The fourth-order valence-electron chi connectivity index (χ4n) is 2.39. The highest BCUT2D eigenvalue weighted by atomic mass is 16.4. The van der Waals surface area contributed by atoms with Crippen molar-refractivity contribution in [2.45, 2.75) is 12.8 Å². The van der Waals surface area contributed by atoms with E-state index in [1.165, 1.54) is 0 Å². The number of aliphatic hydroxyl groups excluding tert-OH is 1. The molecule has 1 atom stereocenters. The highest BCUT2D eigenvalue weighted by Gasteiger charge is 2.21. The molecule has 0 spiro atoms. The van der Waals surface area contributed by atoms with Crippen molar-refractivity contribution in [2.75, 3.05) is 24.6 Å². The number of amidine groups is 1. The van der Waals surface area contributed by atoms with Gasteiger partial charge in [-0.25, -0.2) is 0 Å². The van der Waals surface area contributed by atoms with E-state index in [0.717, 1.165) is 31.6 Å². The molecule has 1 heterocycles. The van der Waals surface area contributed by atoms with E-state index in [9.17, 15) is 0 Å². The maximum atomic E-state index is 8.94. The fourth-order valence-corrected chi connectivity index (χ4v) is 2.39. The minimum Gasteiger partial charge on any atom is -0.409 e. The molecule has 0 radical (unpaired) electrons. The Balaban J connectivity index is 2.02. The average Bonchev–Trinajstić information content (AvgIpc) is 2.87. The highest BCUT2D eigenvalue weighted by Crippen LogP contribution is 2.25. The molecule has 5 nitrogen and oxygen atoms in total. The Morgan fingerprint density at radius 1 is 1.39 bits per heavy atom. The van der Waals surface area contributed by atoms with Crippen molar-refractivity contribution >= 4 is 11.5 Å². The van der Waals surface area contributed by atoms with Gasteiger partial charge in [0.05, 0.1) is 0 Å². The van der Waals surface area contributed by atoms with Crippen LogP contribution < -0.4 is 10.6 Å². The number of hydrogen-bond donors (Lipinski definition) is 3. The fraction of sp³-hybridized carbons (Fsp3) is 0.462. The lowest BCUT2D eigenvalue weighted by molar-refractivity contribution is 0.263. The predicted octanol–water partition coefficient (Wildman–Crippen LogP) is 0.990. The van der Waals surface area contributed by atoms with Crippen LogP contribution in [0.2, 0.25) is 0 Å². The Bertz CT molecular complexity index is 417. The first-order chi connectivity index (χ1) is 8.74. The number of benzene rings is 1. The number of rotatable bonds is 4. The van der Waals surface area contributed by atoms with Crippen molar-refractivity contribution in [2.24, 2.45) is 16.8 Å². The number of nitrogens with two attached hydrogens (primary N) is 1. The zero-order valence-corrected chi connectivity index (χ0v) is 10.3. The number of aliphatic hydroxyl groups is 1. The second kappa shape index (κ2) is 5.73. The van der Waals surface area contributed by atoms with Crippen LogP contribution in [0.15, 0.2) is 29.4 Å². The molecule has 4 N–H and O–H groups in total. The van der Waals surface area contributed by atoms with Crippen molar-refractivity contribution in [1.82, 2.24) is 0 Å².